The van der Waals surface area contributed by atoms with Crippen molar-refractivity contribution >= 4 is 27.5 Å². The summed E-state index contributed by atoms with van der Waals surface area (Å²) in [6.45, 7) is 6.35. The molecule has 9 heteroatoms. The van der Waals surface area contributed by atoms with Crippen molar-refractivity contribution in [2.75, 3.05) is 52.9 Å². The monoisotopic (exact) mass is 467 g/mol. The number of thiophene rings is 1. The number of hydrogen-bond donors (Lipinski definition) is 1. The van der Waals surface area contributed by atoms with Gasteiger partial charge in [0.15, 0.2) is 0 Å². The van der Waals surface area contributed by atoms with Crippen LogP contribution in [0, 0.1) is 0 Å². The quantitative estimate of drug-likeness (QED) is 0.600. The molecule has 5 rings (SSSR count). The highest BCUT2D eigenvalue weighted by atomic mass is 32.1. The predicted molar refractivity (Wildman–Crippen MR) is 130 cm³/mol. The lowest BCUT2D eigenvalue weighted by molar-refractivity contribution is -0.131. The topological polar surface area (TPSA) is 81.8 Å². The van der Waals surface area contributed by atoms with E-state index < -0.39 is 0 Å². The first-order chi connectivity index (χ1) is 16.1. The fourth-order valence-electron chi connectivity index (χ4n) is 4.54. The smallest absolute Gasteiger partial charge is 0.268 e. The summed E-state index contributed by atoms with van der Waals surface area (Å²) >= 11 is 1.46. The Morgan fingerprint density at radius 3 is 2.45 bits per heavy atom. The molecule has 1 amide bonds. The molecule has 0 bridgehead atoms. The molecule has 2 aliphatic rings. The number of likely N-dealkylation sites (tertiary alicyclic amines) is 1. The molecule has 1 aromatic carbocycles. The van der Waals surface area contributed by atoms with E-state index in [2.05, 4.69) is 14.8 Å². The second kappa shape index (κ2) is 9.62. The standard InChI is InChI=1S/C24H29N5O3S/c1-32-18-6-4-17(5-7-18)20-14-19-23(33-20)24(31)26-21(25-19)15-27-10-12-28(13-11-27)16-22(30)29-8-2-3-9-29/h4-7,14H,2-3,8-13,15-16H2,1H3,(H,25,26,31). The summed E-state index contributed by atoms with van der Waals surface area (Å²) in [6, 6.07) is 9.81. The van der Waals surface area contributed by atoms with Crippen LogP contribution in [0.25, 0.3) is 20.7 Å². The van der Waals surface area contributed by atoms with Crippen LogP contribution in [-0.2, 0) is 11.3 Å². The van der Waals surface area contributed by atoms with Crippen LogP contribution in [0.2, 0.25) is 0 Å². The number of H-pyrrole nitrogens is 1. The van der Waals surface area contributed by atoms with E-state index in [4.69, 9.17) is 9.72 Å². The Morgan fingerprint density at radius 2 is 1.76 bits per heavy atom. The van der Waals surface area contributed by atoms with E-state index in [9.17, 15) is 9.59 Å². The number of carbonyl (C=O) groups excluding carboxylic acids is 1. The van der Waals surface area contributed by atoms with Crippen LogP contribution in [0.1, 0.15) is 18.7 Å². The number of piperazine rings is 1. The SMILES string of the molecule is COc1ccc(-c2cc3nc(CN4CCN(CC(=O)N5CCCC5)CC4)[nH]c(=O)c3s2)cc1. The summed E-state index contributed by atoms with van der Waals surface area (Å²) in [6.07, 6.45) is 2.25. The molecule has 2 aliphatic heterocycles. The van der Waals surface area contributed by atoms with Gasteiger partial charge < -0.3 is 14.6 Å². The molecule has 0 spiro atoms. The summed E-state index contributed by atoms with van der Waals surface area (Å²) in [5.74, 6) is 1.74. The molecule has 2 fully saturated rings. The van der Waals surface area contributed by atoms with Gasteiger partial charge in [0.25, 0.3) is 5.56 Å². The number of aromatic nitrogens is 2. The summed E-state index contributed by atoms with van der Waals surface area (Å²) < 4.78 is 5.88. The van der Waals surface area contributed by atoms with Gasteiger partial charge in [0.1, 0.15) is 16.3 Å². The highest BCUT2D eigenvalue weighted by Crippen LogP contribution is 2.31. The molecule has 2 saturated heterocycles. The van der Waals surface area contributed by atoms with E-state index in [0.29, 0.717) is 23.6 Å². The number of nitrogens with zero attached hydrogens (tertiary/aromatic N) is 4. The molecule has 0 unspecified atom stereocenters. The lowest BCUT2D eigenvalue weighted by Crippen LogP contribution is -2.49. The number of aromatic amines is 1. The van der Waals surface area contributed by atoms with Crippen LogP contribution in [0.4, 0.5) is 0 Å². The summed E-state index contributed by atoms with van der Waals surface area (Å²) in [4.78, 5) is 40.3. The zero-order valence-electron chi connectivity index (χ0n) is 18.9. The zero-order chi connectivity index (χ0) is 22.8. The first-order valence-corrected chi connectivity index (χ1v) is 12.3. The van der Waals surface area contributed by atoms with Gasteiger partial charge in [-0.2, -0.15) is 0 Å². The van der Waals surface area contributed by atoms with Crippen molar-refractivity contribution in [2.45, 2.75) is 19.4 Å². The number of methoxy groups -OCH3 is 1. The van der Waals surface area contributed by atoms with Crippen molar-refractivity contribution < 1.29 is 9.53 Å². The number of fused-ring (bicyclic) bond motifs is 1. The summed E-state index contributed by atoms with van der Waals surface area (Å²) in [5, 5.41) is 0. The first-order valence-electron chi connectivity index (χ1n) is 11.5. The maximum atomic E-state index is 12.7. The molecule has 3 aromatic rings. The summed E-state index contributed by atoms with van der Waals surface area (Å²) in [7, 11) is 1.65. The van der Waals surface area contributed by atoms with E-state index >= 15 is 0 Å². The number of ether oxygens (including phenoxy) is 1. The summed E-state index contributed by atoms with van der Waals surface area (Å²) in [5.41, 5.74) is 1.69. The fraction of sp³-hybridized carbons (Fsp3) is 0.458. The number of rotatable bonds is 6. The Bertz CT molecular complexity index is 1180. The van der Waals surface area contributed by atoms with Crippen LogP contribution in [0.3, 0.4) is 0 Å². The highest BCUT2D eigenvalue weighted by Gasteiger charge is 2.24. The van der Waals surface area contributed by atoms with Gasteiger partial charge in [-0.1, -0.05) is 0 Å². The molecule has 33 heavy (non-hydrogen) atoms. The Morgan fingerprint density at radius 1 is 1.06 bits per heavy atom. The molecule has 0 saturated carbocycles. The Kier molecular flexibility index (Phi) is 6.43. The Hall–Kier alpha value is -2.75. The molecular formula is C24H29N5O3S. The average Bonchev–Trinajstić information content (AvgIpc) is 3.51. The molecule has 1 N–H and O–H groups in total. The molecule has 4 heterocycles. The first kappa shape index (κ1) is 22.1. The third-order valence-corrected chi connectivity index (χ3v) is 7.63. The number of nitrogens with one attached hydrogen (secondary N) is 1. The van der Waals surface area contributed by atoms with Gasteiger partial charge in [-0.05, 0) is 48.7 Å². The van der Waals surface area contributed by atoms with E-state index in [1.807, 2.05) is 35.2 Å². The van der Waals surface area contributed by atoms with E-state index in [0.717, 1.165) is 73.8 Å². The van der Waals surface area contributed by atoms with Gasteiger partial charge in [0.05, 0.1) is 25.7 Å². The van der Waals surface area contributed by atoms with Gasteiger partial charge in [-0.15, -0.1) is 11.3 Å². The maximum absolute atomic E-state index is 12.7. The molecule has 0 atom stereocenters. The van der Waals surface area contributed by atoms with Crippen molar-refractivity contribution in [3.05, 3.63) is 46.5 Å². The van der Waals surface area contributed by atoms with Gasteiger partial charge in [0.2, 0.25) is 5.91 Å². The second-order valence-corrected chi connectivity index (χ2v) is 9.76. The lowest BCUT2D eigenvalue weighted by atomic mass is 10.2. The third kappa shape index (κ3) is 4.95. The van der Waals surface area contributed by atoms with Crippen molar-refractivity contribution in [3.63, 3.8) is 0 Å². The number of amides is 1. The number of benzene rings is 1. The van der Waals surface area contributed by atoms with Crippen molar-refractivity contribution in [3.8, 4) is 16.2 Å². The van der Waals surface area contributed by atoms with Crippen LogP contribution in [0.5, 0.6) is 5.75 Å². The molecular weight excluding hydrogens is 438 g/mol. The molecule has 0 radical (unpaired) electrons. The van der Waals surface area contributed by atoms with E-state index in [1.165, 1.54) is 11.3 Å². The van der Waals surface area contributed by atoms with Gasteiger partial charge in [0, 0.05) is 44.1 Å². The van der Waals surface area contributed by atoms with Crippen molar-refractivity contribution in [1.82, 2.24) is 24.7 Å². The zero-order valence-corrected chi connectivity index (χ0v) is 19.7. The van der Waals surface area contributed by atoms with E-state index in [-0.39, 0.29) is 11.5 Å². The van der Waals surface area contributed by atoms with E-state index in [1.54, 1.807) is 7.11 Å². The highest BCUT2D eigenvalue weighted by molar-refractivity contribution is 7.22. The average molecular weight is 468 g/mol. The van der Waals surface area contributed by atoms with Gasteiger partial charge >= 0.3 is 0 Å². The minimum Gasteiger partial charge on any atom is -0.497 e. The maximum Gasteiger partial charge on any atom is 0.268 e. The minimum atomic E-state index is -0.0883. The van der Waals surface area contributed by atoms with Gasteiger partial charge in [-0.3, -0.25) is 19.4 Å². The Labute approximate surface area is 196 Å². The predicted octanol–water partition coefficient (Wildman–Crippen LogP) is 2.40. The van der Waals surface area contributed by atoms with Gasteiger partial charge in [-0.25, -0.2) is 4.98 Å². The minimum absolute atomic E-state index is 0.0883. The largest absolute Gasteiger partial charge is 0.497 e. The van der Waals surface area contributed by atoms with Crippen LogP contribution in [-0.4, -0.2) is 83.5 Å². The second-order valence-electron chi connectivity index (χ2n) is 8.71. The lowest BCUT2D eigenvalue weighted by Gasteiger charge is -2.34. The van der Waals surface area contributed by atoms with Crippen molar-refractivity contribution in [1.29, 1.82) is 0 Å². The van der Waals surface area contributed by atoms with Crippen LogP contribution in [0.15, 0.2) is 35.1 Å². The third-order valence-electron chi connectivity index (χ3n) is 6.46. The number of carbonyl (C=O) groups is 1. The molecule has 174 valence electrons. The normalized spacial score (nSPS) is 17.7. The Balaban J connectivity index is 1.22. The number of hydrogen-bond acceptors (Lipinski definition) is 7. The van der Waals surface area contributed by atoms with Crippen molar-refractivity contribution in [2.24, 2.45) is 0 Å². The molecule has 2 aromatic heterocycles. The molecule has 0 aliphatic carbocycles. The molecule has 8 nitrogen and oxygen atoms in total. The van der Waals surface area contributed by atoms with Crippen LogP contribution >= 0.6 is 11.3 Å². The van der Waals surface area contributed by atoms with Crippen LogP contribution < -0.4 is 10.3 Å². The fourth-order valence-corrected chi connectivity index (χ4v) is 5.53.